The molecule has 3 aromatic rings. The van der Waals surface area contributed by atoms with Gasteiger partial charge in [-0.1, -0.05) is 18.2 Å². The Balaban J connectivity index is 1.57. The second-order valence-electron chi connectivity index (χ2n) is 6.20. The fourth-order valence-corrected chi connectivity index (χ4v) is 2.56. The Morgan fingerprint density at radius 2 is 1.69 bits per heavy atom. The quantitative estimate of drug-likeness (QED) is 0.498. The molecule has 1 heterocycles. The fraction of sp³-hybridized carbons (Fsp3) is 0.0909. The third-order valence-electron chi connectivity index (χ3n) is 3.95. The second-order valence-corrected chi connectivity index (χ2v) is 6.20. The molecule has 0 aliphatic carbocycles. The van der Waals surface area contributed by atoms with Gasteiger partial charge in [-0.15, -0.1) is 0 Å². The summed E-state index contributed by atoms with van der Waals surface area (Å²) >= 11 is 0. The van der Waals surface area contributed by atoms with Crippen molar-refractivity contribution in [3.05, 3.63) is 89.7 Å². The summed E-state index contributed by atoms with van der Waals surface area (Å²) in [5.41, 5.74) is 2.36. The lowest BCUT2D eigenvalue weighted by molar-refractivity contribution is -0.131. The van der Waals surface area contributed by atoms with Gasteiger partial charge in [0.05, 0.1) is 5.56 Å². The fourth-order valence-electron chi connectivity index (χ4n) is 2.56. The van der Waals surface area contributed by atoms with Gasteiger partial charge in [-0.2, -0.15) is 0 Å². The summed E-state index contributed by atoms with van der Waals surface area (Å²) in [5.74, 6) is -0.668. The number of benzene rings is 2. The van der Waals surface area contributed by atoms with Gasteiger partial charge in [0.2, 0.25) is 0 Å². The molecule has 0 atom stereocenters. The summed E-state index contributed by atoms with van der Waals surface area (Å²) in [4.78, 5) is 39.4. The standard InChI is InChI=1S/C22H19N3O4/c1-15(26)29-20-6-2-4-17(12-20)22(28)25-19-9-7-16(8-10-19)13-24-21(27)18-5-3-11-23-14-18/h2-12,14H,13H2,1H3,(H,24,27)(H,25,28). The van der Waals surface area contributed by atoms with Gasteiger partial charge in [0, 0.05) is 37.1 Å². The van der Waals surface area contributed by atoms with Gasteiger partial charge >= 0.3 is 5.97 Å². The highest BCUT2D eigenvalue weighted by Crippen LogP contribution is 2.16. The SMILES string of the molecule is CC(=O)Oc1cccc(C(=O)Nc2ccc(CNC(=O)c3cccnc3)cc2)c1. The van der Waals surface area contributed by atoms with E-state index in [2.05, 4.69) is 15.6 Å². The largest absolute Gasteiger partial charge is 0.427 e. The highest BCUT2D eigenvalue weighted by atomic mass is 16.5. The molecule has 29 heavy (non-hydrogen) atoms. The van der Waals surface area contributed by atoms with Gasteiger partial charge in [0.1, 0.15) is 5.75 Å². The van der Waals surface area contributed by atoms with Gasteiger partial charge in [-0.3, -0.25) is 19.4 Å². The van der Waals surface area contributed by atoms with Crippen LogP contribution >= 0.6 is 0 Å². The number of nitrogens with zero attached hydrogens (tertiary/aromatic N) is 1. The highest BCUT2D eigenvalue weighted by Gasteiger charge is 2.09. The number of carbonyl (C=O) groups excluding carboxylic acids is 3. The first-order chi connectivity index (χ1) is 14.0. The van der Waals surface area contributed by atoms with Crippen molar-refractivity contribution >= 4 is 23.5 Å². The Hall–Kier alpha value is -4.00. The Morgan fingerprint density at radius 1 is 0.931 bits per heavy atom. The number of pyridine rings is 1. The molecule has 2 N–H and O–H groups in total. The van der Waals surface area contributed by atoms with E-state index in [4.69, 9.17) is 4.74 Å². The minimum Gasteiger partial charge on any atom is -0.427 e. The van der Waals surface area contributed by atoms with E-state index in [-0.39, 0.29) is 11.8 Å². The maximum absolute atomic E-state index is 12.4. The maximum atomic E-state index is 12.4. The van der Waals surface area contributed by atoms with Gasteiger partial charge < -0.3 is 15.4 Å². The summed E-state index contributed by atoms with van der Waals surface area (Å²) in [6.07, 6.45) is 3.11. The number of aromatic nitrogens is 1. The average molecular weight is 389 g/mol. The normalized spacial score (nSPS) is 10.1. The van der Waals surface area contributed by atoms with Crippen molar-refractivity contribution in [3.63, 3.8) is 0 Å². The van der Waals surface area contributed by atoms with Crippen molar-refractivity contribution in [2.24, 2.45) is 0 Å². The van der Waals surface area contributed by atoms with Crippen LogP contribution in [0.4, 0.5) is 5.69 Å². The number of nitrogens with one attached hydrogen (secondary N) is 2. The van der Waals surface area contributed by atoms with Crippen LogP contribution in [0.3, 0.4) is 0 Å². The van der Waals surface area contributed by atoms with Gasteiger partial charge in [0.25, 0.3) is 11.8 Å². The number of rotatable bonds is 6. The summed E-state index contributed by atoms with van der Waals surface area (Å²) in [5, 5.41) is 5.60. The lowest BCUT2D eigenvalue weighted by Gasteiger charge is -2.09. The van der Waals surface area contributed by atoms with Crippen LogP contribution in [0.15, 0.2) is 73.1 Å². The molecule has 0 bridgehead atoms. The van der Waals surface area contributed by atoms with E-state index in [0.29, 0.717) is 29.1 Å². The topological polar surface area (TPSA) is 97.4 Å². The van der Waals surface area contributed by atoms with E-state index in [0.717, 1.165) is 5.56 Å². The summed E-state index contributed by atoms with van der Waals surface area (Å²) < 4.78 is 4.99. The van der Waals surface area contributed by atoms with Crippen LogP contribution in [0.5, 0.6) is 5.75 Å². The molecule has 0 spiro atoms. The van der Waals surface area contributed by atoms with E-state index in [1.807, 2.05) is 12.1 Å². The molecule has 7 heteroatoms. The smallest absolute Gasteiger partial charge is 0.308 e. The molecular formula is C22H19N3O4. The van der Waals surface area contributed by atoms with Crippen LogP contribution in [0.2, 0.25) is 0 Å². The van der Waals surface area contributed by atoms with Crippen LogP contribution in [-0.4, -0.2) is 22.8 Å². The van der Waals surface area contributed by atoms with Crippen LogP contribution in [0.1, 0.15) is 33.2 Å². The molecule has 3 rings (SSSR count). The van der Waals surface area contributed by atoms with E-state index >= 15 is 0 Å². The van der Waals surface area contributed by atoms with Crippen molar-refractivity contribution < 1.29 is 19.1 Å². The summed E-state index contributed by atoms with van der Waals surface area (Å²) in [6.45, 7) is 1.65. The molecule has 0 saturated carbocycles. The van der Waals surface area contributed by atoms with Crippen LogP contribution in [0.25, 0.3) is 0 Å². The zero-order valence-electron chi connectivity index (χ0n) is 15.7. The molecule has 0 unspecified atom stereocenters. The number of carbonyl (C=O) groups is 3. The Labute approximate surface area is 167 Å². The minimum atomic E-state index is -0.450. The second kappa shape index (κ2) is 9.27. The first-order valence-corrected chi connectivity index (χ1v) is 8.88. The number of hydrogen-bond donors (Lipinski definition) is 2. The number of amides is 2. The predicted molar refractivity (Wildman–Crippen MR) is 108 cm³/mol. The van der Waals surface area contributed by atoms with E-state index in [1.54, 1.807) is 48.7 Å². The van der Waals surface area contributed by atoms with E-state index in [1.165, 1.54) is 19.2 Å². The molecule has 1 aromatic heterocycles. The van der Waals surface area contributed by atoms with Gasteiger partial charge in [0.15, 0.2) is 0 Å². The number of ether oxygens (including phenoxy) is 1. The summed E-state index contributed by atoms with van der Waals surface area (Å²) in [7, 11) is 0. The van der Waals surface area contributed by atoms with Gasteiger partial charge in [-0.05, 0) is 48.0 Å². The molecule has 7 nitrogen and oxygen atoms in total. The van der Waals surface area contributed by atoms with Crippen molar-refractivity contribution in [1.29, 1.82) is 0 Å². The van der Waals surface area contributed by atoms with Crippen molar-refractivity contribution in [1.82, 2.24) is 10.3 Å². The predicted octanol–water partition coefficient (Wildman–Crippen LogP) is 3.19. The minimum absolute atomic E-state index is 0.205. The third-order valence-corrected chi connectivity index (χ3v) is 3.95. The Morgan fingerprint density at radius 3 is 2.38 bits per heavy atom. The Bertz CT molecular complexity index is 1020. The molecule has 0 aliphatic heterocycles. The zero-order chi connectivity index (χ0) is 20.6. The molecular weight excluding hydrogens is 370 g/mol. The van der Waals surface area contributed by atoms with Crippen molar-refractivity contribution in [2.75, 3.05) is 5.32 Å². The van der Waals surface area contributed by atoms with Crippen LogP contribution < -0.4 is 15.4 Å². The van der Waals surface area contributed by atoms with Crippen molar-refractivity contribution in [3.8, 4) is 5.75 Å². The molecule has 0 aliphatic rings. The lowest BCUT2D eigenvalue weighted by atomic mass is 10.1. The van der Waals surface area contributed by atoms with Crippen LogP contribution in [-0.2, 0) is 11.3 Å². The highest BCUT2D eigenvalue weighted by molar-refractivity contribution is 6.04. The number of anilines is 1. The van der Waals surface area contributed by atoms with Crippen LogP contribution in [0, 0.1) is 0 Å². The first-order valence-electron chi connectivity index (χ1n) is 8.88. The van der Waals surface area contributed by atoms with Gasteiger partial charge in [-0.25, -0.2) is 0 Å². The Kier molecular flexibility index (Phi) is 6.32. The number of hydrogen-bond acceptors (Lipinski definition) is 5. The maximum Gasteiger partial charge on any atom is 0.308 e. The summed E-state index contributed by atoms with van der Waals surface area (Å²) in [6, 6.07) is 16.9. The molecule has 0 radical (unpaired) electrons. The van der Waals surface area contributed by atoms with E-state index in [9.17, 15) is 14.4 Å². The third kappa shape index (κ3) is 5.74. The lowest BCUT2D eigenvalue weighted by Crippen LogP contribution is -2.22. The average Bonchev–Trinajstić information content (AvgIpc) is 2.73. The van der Waals surface area contributed by atoms with Crippen molar-refractivity contribution in [2.45, 2.75) is 13.5 Å². The molecule has 2 amide bonds. The molecule has 0 saturated heterocycles. The molecule has 146 valence electrons. The van der Waals surface area contributed by atoms with E-state index < -0.39 is 5.97 Å². The number of esters is 1. The zero-order valence-corrected chi connectivity index (χ0v) is 15.7. The monoisotopic (exact) mass is 389 g/mol. The molecule has 0 fully saturated rings. The molecule has 2 aromatic carbocycles. The first kappa shape index (κ1) is 19.8.